The predicted molar refractivity (Wildman–Crippen MR) is 93.9 cm³/mol. The molecule has 2 aromatic carbocycles. The summed E-state index contributed by atoms with van der Waals surface area (Å²) >= 11 is 0. The molecule has 0 spiro atoms. The molecule has 10 heteroatoms. The first-order valence-electron chi connectivity index (χ1n) is 7.62. The number of rotatable bonds is 6. The van der Waals surface area contributed by atoms with E-state index in [1.165, 1.54) is 38.3 Å². The summed E-state index contributed by atoms with van der Waals surface area (Å²) in [6.45, 7) is 1.35. The molecule has 0 heterocycles. The van der Waals surface area contributed by atoms with Gasteiger partial charge in [0, 0.05) is 18.5 Å². The second kappa shape index (κ2) is 7.97. The van der Waals surface area contributed by atoms with Crippen LogP contribution >= 0.6 is 0 Å². The lowest BCUT2D eigenvalue weighted by Crippen LogP contribution is -2.18. The number of carbonyl (C=O) groups excluding carboxylic acids is 1. The van der Waals surface area contributed by atoms with Crippen LogP contribution in [0, 0.1) is 6.92 Å². The molecule has 0 fully saturated rings. The maximum absolute atomic E-state index is 12.8. The van der Waals surface area contributed by atoms with Gasteiger partial charge in [-0.15, -0.1) is 0 Å². The largest absolute Gasteiger partial charge is 0.416 e. The van der Waals surface area contributed by atoms with Crippen molar-refractivity contribution in [2.24, 2.45) is 0 Å². The van der Waals surface area contributed by atoms with E-state index in [0.29, 0.717) is 17.3 Å². The van der Waals surface area contributed by atoms with E-state index in [9.17, 15) is 26.4 Å². The molecule has 0 saturated carbocycles. The third-order valence-corrected chi connectivity index (χ3v) is 5.01. The number of carbonyl (C=O) groups is 1. The third-order valence-electron chi connectivity index (χ3n) is 3.47. The van der Waals surface area contributed by atoms with Crippen LogP contribution < -0.4 is 10.0 Å². The number of alkyl halides is 3. The molecule has 146 valence electrons. The fourth-order valence-corrected chi connectivity index (χ4v) is 3.60. The molecule has 2 rings (SSSR count). The normalized spacial score (nSPS) is 11.9. The van der Waals surface area contributed by atoms with Gasteiger partial charge in [-0.3, -0.25) is 9.52 Å². The summed E-state index contributed by atoms with van der Waals surface area (Å²) in [4.78, 5) is 11.4. The van der Waals surface area contributed by atoms with Crippen molar-refractivity contribution >= 4 is 27.3 Å². The molecule has 0 unspecified atom stereocenters. The molecule has 0 saturated heterocycles. The fraction of sp³-hybridized carbons (Fsp3) is 0.235. The first kappa shape index (κ1) is 20.7. The number of ether oxygens (including phenoxy) is 1. The van der Waals surface area contributed by atoms with E-state index in [0.717, 1.165) is 12.1 Å². The van der Waals surface area contributed by atoms with Gasteiger partial charge in [0.05, 0.1) is 10.5 Å². The highest BCUT2D eigenvalue weighted by atomic mass is 32.2. The maximum atomic E-state index is 12.8. The average Bonchev–Trinajstić information content (AvgIpc) is 2.53. The van der Waals surface area contributed by atoms with Crippen molar-refractivity contribution in [3.05, 3.63) is 53.6 Å². The van der Waals surface area contributed by atoms with Crippen LogP contribution in [0.4, 0.5) is 24.5 Å². The summed E-state index contributed by atoms with van der Waals surface area (Å²) in [6.07, 6.45) is -4.58. The van der Waals surface area contributed by atoms with Gasteiger partial charge in [-0.1, -0.05) is 6.07 Å². The van der Waals surface area contributed by atoms with Crippen LogP contribution in [0.2, 0.25) is 0 Å². The quantitative estimate of drug-likeness (QED) is 0.776. The summed E-state index contributed by atoms with van der Waals surface area (Å²) < 4.78 is 70.2. The van der Waals surface area contributed by atoms with Crippen molar-refractivity contribution in [2.45, 2.75) is 18.0 Å². The summed E-state index contributed by atoms with van der Waals surface area (Å²) in [6, 6.07) is 7.97. The van der Waals surface area contributed by atoms with E-state index in [-0.39, 0.29) is 17.2 Å². The number of aryl methyl sites for hydroxylation is 1. The molecule has 6 nitrogen and oxygen atoms in total. The van der Waals surface area contributed by atoms with Crippen LogP contribution in [0.5, 0.6) is 0 Å². The molecule has 2 N–H and O–H groups in total. The molecule has 0 aromatic heterocycles. The summed E-state index contributed by atoms with van der Waals surface area (Å²) in [5.74, 6) is -0.408. The van der Waals surface area contributed by atoms with Crippen molar-refractivity contribution in [1.29, 1.82) is 0 Å². The van der Waals surface area contributed by atoms with Crippen LogP contribution in [-0.4, -0.2) is 28.0 Å². The number of nitrogens with one attached hydrogen (secondary N) is 2. The van der Waals surface area contributed by atoms with Gasteiger partial charge in [0.15, 0.2) is 0 Å². The molecular formula is C17H17F3N2O4S. The second-order valence-electron chi connectivity index (χ2n) is 5.65. The Morgan fingerprint density at radius 1 is 1.11 bits per heavy atom. The molecular weight excluding hydrogens is 385 g/mol. The lowest BCUT2D eigenvalue weighted by molar-refractivity contribution is -0.137. The molecule has 0 aliphatic rings. The highest BCUT2D eigenvalue weighted by molar-refractivity contribution is 7.92. The lowest BCUT2D eigenvalue weighted by atomic mass is 10.2. The second-order valence-corrected chi connectivity index (χ2v) is 7.30. The number of sulfonamides is 1. The van der Waals surface area contributed by atoms with Gasteiger partial charge in [-0.25, -0.2) is 8.42 Å². The molecule has 0 aliphatic carbocycles. The Bertz CT molecular complexity index is 943. The third kappa shape index (κ3) is 5.44. The first-order chi connectivity index (χ1) is 12.5. The van der Waals surface area contributed by atoms with Gasteiger partial charge in [-0.2, -0.15) is 13.2 Å². The van der Waals surface area contributed by atoms with Crippen molar-refractivity contribution in [1.82, 2.24) is 0 Å². The molecule has 27 heavy (non-hydrogen) atoms. The Morgan fingerprint density at radius 2 is 1.81 bits per heavy atom. The van der Waals surface area contributed by atoms with Crippen molar-refractivity contribution in [3.63, 3.8) is 0 Å². The molecule has 0 radical (unpaired) electrons. The van der Waals surface area contributed by atoms with E-state index in [1.54, 1.807) is 0 Å². The Kier molecular flexibility index (Phi) is 6.11. The molecule has 0 bridgehead atoms. The topological polar surface area (TPSA) is 84.5 Å². The highest BCUT2D eigenvalue weighted by Crippen LogP contribution is 2.31. The van der Waals surface area contributed by atoms with Gasteiger partial charge in [-0.05, 0) is 48.9 Å². The van der Waals surface area contributed by atoms with Crippen molar-refractivity contribution in [3.8, 4) is 0 Å². The number of halogens is 3. The zero-order valence-corrected chi connectivity index (χ0v) is 15.2. The van der Waals surface area contributed by atoms with Crippen LogP contribution in [0.1, 0.15) is 11.1 Å². The van der Waals surface area contributed by atoms with E-state index in [2.05, 4.69) is 14.8 Å². The van der Waals surface area contributed by atoms with Gasteiger partial charge < -0.3 is 10.1 Å². The SMILES string of the molecule is COCC(=O)Nc1ccc(S(=O)(=O)Nc2cccc(C(F)(F)F)c2)c(C)c1. The first-order valence-corrected chi connectivity index (χ1v) is 9.11. The number of anilines is 2. The Hall–Kier alpha value is -2.59. The van der Waals surface area contributed by atoms with E-state index in [1.807, 2.05) is 0 Å². The Labute approximate surface area is 154 Å². The number of hydrogen-bond donors (Lipinski definition) is 2. The van der Waals surface area contributed by atoms with Crippen LogP contribution in [-0.2, 0) is 25.7 Å². The van der Waals surface area contributed by atoms with Crippen molar-refractivity contribution in [2.75, 3.05) is 23.8 Å². The Balaban J connectivity index is 2.25. The zero-order valence-electron chi connectivity index (χ0n) is 14.4. The zero-order chi connectivity index (χ0) is 20.2. The minimum absolute atomic E-state index is 0.121. The fourth-order valence-electron chi connectivity index (χ4n) is 2.33. The average molecular weight is 402 g/mol. The van der Waals surface area contributed by atoms with Crippen LogP contribution in [0.3, 0.4) is 0 Å². The molecule has 1 amide bonds. The number of benzene rings is 2. The summed E-state index contributed by atoms with van der Waals surface area (Å²) in [5.41, 5.74) is -0.491. The van der Waals surface area contributed by atoms with E-state index >= 15 is 0 Å². The Morgan fingerprint density at radius 3 is 2.41 bits per heavy atom. The molecule has 0 aliphatic heterocycles. The van der Waals surface area contributed by atoms with Crippen LogP contribution in [0.25, 0.3) is 0 Å². The van der Waals surface area contributed by atoms with Gasteiger partial charge >= 0.3 is 6.18 Å². The number of methoxy groups -OCH3 is 1. The lowest BCUT2D eigenvalue weighted by Gasteiger charge is -2.13. The minimum atomic E-state index is -4.58. The molecule has 2 aromatic rings. The standard InChI is InChI=1S/C17H17F3N2O4S/c1-11-8-13(21-16(23)10-26-2)6-7-15(11)27(24,25)22-14-5-3-4-12(9-14)17(18,19)20/h3-9,22H,10H2,1-2H3,(H,21,23). The number of hydrogen-bond acceptors (Lipinski definition) is 4. The number of amides is 1. The summed E-state index contributed by atoms with van der Waals surface area (Å²) in [7, 11) is -2.76. The van der Waals surface area contributed by atoms with E-state index < -0.39 is 27.7 Å². The van der Waals surface area contributed by atoms with E-state index in [4.69, 9.17) is 0 Å². The van der Waals surface area contributed by atoms with Crippen molar-refractivity contribution < 1.29 is 31.1 Å². The summed E-state index contributed by atoms with van der Waals surface area (Å²) in [5, 5.41) is 2.53. The van der Waals surface area contributed by atoms with Gasteiger partial charge in [0.1, 0.15) is 6.61 Å². The minimum Gasteiger partial charge on any atom is -0.375 e. The molecule has 0 atom stereocenters. The highest BCUT2D eigenvalue weighted by Gasteiger charge is 2.30. The predicted octanol–water partition coefficient (Wildman–Crippen LogP) is 3.40. The van der Waals surface area contributed by atoms with Crippen LogP contribution in [0.15, 0.2) is 47.4 Å². The maximum Gasteiger partial charge on any atom is 0.416 e. The van der Waals surface area contributed by atoms with Gasteiger partial charge in [0.25, 0.3) is 10.0 Å². The smallest absolute Gasteiger partial charge is 0.375 e. The monoisotopic (exact) mass is 402 g/mol. The van der Waals surface area contributed by atoms with Gasteiger partial charge in [0.2, 0.25) is 5.91 Å².